The van der Waals surface area contributed by atoms with Crippen molar-refractivity contribution < 1.29 is 4.79 Å². The lowest BCUT2D eigenvalue weighted by molar-refractivity contribution is -0.116. The van der Waals surface area contributed by atoms with Gasteiger partial charge in [0.25, 0.3) is 0 Å². The number of fused-ring (bicyclic) bond motifs is 1. The third-order valence-corrected chi connectivity index (χ3v) is 5.20. The minimum absolute atomic E-state index is 0.000331. The Morgan fingerprint density at radius 1 is 1.23 bits per heavy atom. The molecule has 0 bridgehead atoms. The summed E-state index contributed by atoms with van der Waals surface area (Å²) in [4.78, 5) is 25.9. The number of thiazole rings is 1. The van der Waals surface area contributed by atoms with Crippen LogP contribution >= 0.6 is 11.3 Å². The van der Waals surface area contributed by atoms with Crippen molar-refractivity contribution in [2.24, 2.45) is 0 Å². The Hall–Kier alpha value is -2.99. The molecule has 0 aliphatic rings. The molecule has 3 heterocycles. The standard InChI is InChI=1S/C20H18N4OS/c1-3-24(13(2)25)20-23-18(12-26-20)17-11-22-19-16(17)9-15(10-21-19)14-7-5-4-6-8-14/h4-12H,3H2,1-2H3,(H,21,22). The van der Waals surface area contributed by atoms with E-state index in [0.717, 1.165) is 38.5 Å². The Morgan fingerprint density at radius 3 is 2.77 bits per heavy atom. The second kappa shape index (κ2) is 6.72. The van der Waals surface area contributed by atoms with Crippen LogP contribution in [-0.4, -0.2) is 27.4 Å². The van der Waals surface area contributed by atoms with Crippen LogP contribution in [0.5, 0.6) is 0 Å². The third kappa shape index (κ3) is 2.88. The van der Waals surface area contributed by atoms with Gasteiger partial charge in [-0.1, -0.05) is 30.3 Å². The number of H-pyrrole nitrogens is 1. The molecule has 0 atom stereocenters. The Morgan fingerprint density at radius 2 is 2.04 bits per heavy atom. The normalized spacial score (nSPS) is 11.0. The first-order valence-electron chi connectivity index (χ1n) is 8.44. The number of hydrogen-bond donors (Lipinski definition) is 1. The lowest BCUT2D eigenvalue weighted by Gasteiger charge is -2.14. The number of hydrogen-bond acceptors (Lipinski definition) is 4. The van der Waals surface area contributed by atoms with Crippen molar-refractivity contribution >= 4 is 33.4 Å². The zero-order chi connectivity index (χ0) is 18.1. The molecule has 0 saturated heterocycles. The first-order valence-corrected chi connectivity index (χ1v) is 9.32. The van der Waals surface area contributed by atoms with Crippen molar-refractivity contribution in [1.29, 1.82) is 0 Å². The molecule has 3 aromatic heterocycles. The summed E-state index contributed by atoms with van der Waals surface area (Å²) in [6.45, 7) is 4.12. The van der Waals surface area contributed by atoms with Gasteiger partial charge < -0.3 is 4.98 Å². The van der Waals surface area contributed by atoms with Gasteiger partial charge in [0, 0.05) is 47.8 Å². The van der Waals surface area contributed by atoms with E-state index in [1.165, 1.54) is 11.3 Å². The number of nitrogens with zero attached hydrogens (tertiary/aromatic N) is 3. The van der Waals surface area contributed by atoms with Gasteiger partial charge in [-0.3, -0.25) is 9.69 Å². The van der Waals surface area contributed by atoms with E-state index in [4.69, 9.17) is 0 Å². The van der Waals surface area contributed by atoms with Crippen molar-refractivity contribution in [2.75, 3.05) is 11.4 Å². The number of aromatic amines is 1. The monoisotopic (exact) mass is 362 g/mol. The van der Waals surface area contributed by atoms with Gasteiger partial charge in [-0.05, 0) is 18.6 Å². The first kappa shape index (κ1) is 16.5. The van der Waals surface area contributed by atoms with E-state index in [0.29, 0.717) is 6.54 Å². The van der Waals surface area contributed by atoms with Gasteiger partial charge >= 0.3 is 0 Å². The summed E-state index contributed by atoms with van der Waals surface area (Å²) in [5.74, 6) is 0.000331. The molecule has 1 aromatic carbocycles. The Labute approximate surface area is 155 Å². The van der Waals surface area contributed by atoms with E-state index in [1.54, 1.807) is 11.8 Å². The van der Waals surface area contributed by atoms with Crippen molar-refractivity contribution in [3.8, 4) is 22.4 Å². The molecule has 0 unspecified atom stereocenters. The van der Waals surface area contributed by atoms with Crippen molar-refractivity contribution in [2.45, 2.75) is 13.8 Å². The molecule has 1 amide bonds. The Kier molecular flexibility index (Phi) is 4.26. The lowest BCUT2D eigenvalue weighted by Crippen LogP contribution is -2.27. The zero-order valence-corrected chi connectivity index (χ0v) is 15.4. The molecular weight excluding hydrogens is 344 g/mol. The van der Waals surface area contributed by atoms with Gasteiger partial charge in [0.1, 0.15) is 5.65 Å². The van der Waals surface area contributed by atoms with Crippen LogP contribution in [0.25, 0.3) is 33.4 Å². The smallest absolute Gasteiger partial charge is 0.225 e. The molecule has 4 rings (SSSR count). The molecule has 6 heteroatoms. The summed E-state index contributed by atoms with van der Waals surface area (Å²) in [6.07, 6.45) is 3.80. The van der Waals surface area contributed by atoms with E-state index in [2.05, 4.69) is 33.2 Å². The van der Waals surface area contributed by atoms with Crippen LogP contribution in [-0.2, 0) is 4.79 Å². The molecule has 0 spiro atoms. The van der Waals surface area contributed by atoms with E-state index in [9.17, 15) is 4.79 Å². The van der Waals surface area contributed by atoms with Gasteiger partial charge in [-0.2, -0.15) is 0 Å². The zero-order valence-electron chi connectivity index (χ0n) is 14.6. The summed E-state index contributed by atoms with van der Waals surface area (Å²) >= 11 is 1.48. The van der Waals surface area contributed by atoms with Crippen molar-refractivity contribution in [1.82, 2.24) is 15.0 Å². The fourth-order valence-corrected chi connectivity index (χ4v) is 3.94. The quantitative estimate of drug-likeness (QED) is 0.571. The van der Waals surface area contributed by atoms with Crippen LogP contribution in [0.1, 0.15) is 13.8 Å². The van der Waals surface area contributed by atoms with Gasteiger partial charge in [-0.25, -0.2) is 9.97 Å². The summed E-state index contributed by atoms with van der Waals surface area (Å²) in [6, 6.07) is 12.3. The minimum Gasteiger partial charge on any atom is -0.345 e. The maximum atomic E-state index is 11.8. The average Bonchev–Trinajstić information content (AvgIpc) is 3.29. The van der Waals surface area contributed by atoms with E-state index < -0.39 is 0 Å². The molecule has 4 aromatic rings. The van der Waals surface area contributed by atoms with Crippen LogP contribution in [0.4, 0.5) is 5.13 Å². The summed E-state index contributed by atoms with van der Waals surface area (Å²) in [5, 5.41) is 3.73. The van der Waals surface area contributed by atoms with E-state index >= 15 is 0 Å². The molecule has 26 heavy (non-hydrogen) atoms. The number of carbonyl (C=O) groups excluding carboxylic acids is 1. The summed E-state index contributed by atoms with van der Waals surface area (Å²) in [5.41, 5.74) is 4.86. The van der Waals surface area contributed by atoms with Gasteiger partial charge in [0.2, 0.25) is 5.91 Å². The highest BCUT2D eigenvalue weighted by Gasteiger charge is 2.16. The van der Waals surface area contributed by atoms with Crippen LogP contribution in [0, 0.1) is 0 Å². The number of nitrogens with one attached hydrogen (secondary N) is 1. The molecule has 0 radical (unpaired) electrons. The largest absolute Gasteiger partial charge is 0.345 e. The highest BCUT2D eigenvalue weighted by atomic mass is 32.1. The fourth-order valence-electron chi connectivity index (χ4n) is 3.01. The van der Waals surface area contributed by atoms with E-state index in [1.807, 2.05) is 42.9 Å². The summed E-state index contributed by atoms with van der Waals surface area (Å²) < 4.78 is 0. The van der Waals surface area contributed by atoms with Gasteiger partial charge in [0.05, 0.1) is 5.69 Å². The maximum absolute atomic E-state index is 11.8. The molecule has 0 saturated carbocycles. The predicted molar refractivity (Wildman–Crippen MR) is 106 cm³/mol. The number of amides is 1. The number of aromatic nitrogens is 3. The van der Waals surface area contributed by atoms with Crippen LogP contribution < -0.4 is 4.90 Å². The maximum Gasteiger partial charge on any atom is 0.225 e. The fraction of sp³-hybridized carbons (Fsp3) is 0.150. The van der Waals surface area contributed by atoms with Crippen molar-refractivity contribution in [3.63, 3.8) is 0 Å². The highest BCUT2D eigenvalue weighted by Crippen LogP contribution is 2.33. The molecule has 130 valence electrons. The third-order valence-electron chi connectivity index (χ3n) is 4.33. The Bertz CT molecular complexity index is 1070. The van der Waals surface area contributed by atoms with Crippen LogP contribution in [0.3, 0.4) is 0 Å². The van der Waals surface area contributed by atoms with Crippen LogP contribution in [0.15, 0.2) is 54.2 Å². The van der Waals surface area contributed by atoms with Crippen molar-refractivity contribution in [3.05, 3.63) is 54.2 Å². The number of rotatable bonds is 4. The van der Waals surface area contributed by atoms with Gasteiger partial charge in [-0.15, -0.1) is 11.3 Å². The minimum atomic E-state index is 0.000331. The number of carbonyl (C=O) groups is 1. The highest BCUT2D eigenvalue weighted by molar-refractivity contribution is 7.14. The van der Waals surface area contributed by atoms with E-state index in [-0.39, 0.29) is 5.91 Å². The summed E-state index contributed by atoms with van der Waals surface area (Å²) in [7, 11) is 0. The number of pyridine rings is 1. The van der Waals surface area contributed by atoms with Crippen LogP contribution in [0.2, 0.25) is 0 Å². The van der Waals surface area contributed by atoms with Gasteiger partial charge in [0.15, 0.2) is 5.13 Å². The number of anilines is 1. The second-order valence-electron chi connectivity index (χ2n) is 5.97. The molecule has 0 fully saturated rings. The molecule has 5 nitrogen and oxygen atoms in total. The topological polar surface area (TPSA) is 61.9 Å². The molecule has 0 aliphatic heterocycles. The average molecular weight is 362 g/mol. The number of benzene rings is 1. The lowest BCUT2D eigenvalue weighted by atomic mass is 10.1. The first-order chi connectivity index (χ1) is 12.7. The SMILES string of the molecule is CCN(C(C)=O)c1nc(-c2c[nH]c3ncc(-c4ccccc4)cc23)cs1. The second-order valence-corrected chi connectivity index (χ2v) is 6.80. The molecule has 1 N–H and O–H groups in total. The predicted octanol–water partition coefficient (Wildman–Crippen LogP) is 4.73. The Balaban J connectivity index is 1.78. The molecule has 0 aliphatic carbocycles. The molecular formula is C20H18N4OS.